The summed E-state index contributed by atoms with van der Waals surface area (Å²) in [6, 6.07) is 12.6. The van der Waals surface area contributed by atoms with Gasteiger partial charge in [0.2, 0.25) is 0 Å². The minimum absolute atomic E-state index is 0.0692. The number of para-hydroxylation sites is 1. The number of rotatable bonds is 7. The van der Waals surface area contributed by atoms with E-state index in [1.807, 2.05) is 6.92 Å². The number of benzene rings is 1. The van der Waals surface area contributed by atoms with Gasteiger partial charge < -0.3 is 10.1 Å². The Morgan fingerprint density at radius 3 is 2.67 bits per heavy atom. The Bertz CT molecular complexity index is 1670. The number of carbonyl (C=O) groups is 1. The number of ether oxygens (including phenoxy) is 1. The first-order valence-corrected chi connectivity index (χ1v) is 12.5. The van der Waals surface area contributed by atoms with Crippen LogP contribution >= 0.6 is 0 Å². The van der Waals surface area contributed by atoms with Gasteiger partial charge in [-0.2, -0.15) is 0 Å². The summed E-state index contributed by atoms with van der Waals surface area (Å²) in [5.74, 6) is 0.296. The van der Waals surface area contributed by atoms with Gasteiger partial charge in [0, 0.05) is 24.2 Å². The number of hydrogen-bond donors (Lipinski definition) is 1. The SMILES string of the molecule is CCOc1ccc(-c2nnc(C3CC(NC(=O)c4ccnc5cc(F)cnc45)C3)n2-c2ccccc2F)nc1. The van der Waals surface area contributed by atoms with E-state index in [1.54, 1.807) is 47.2 Å². The van der Waals surface area contributed by atoms with Crippen LogP contribution in [0.2, 0.25) is 0 Å². The molecule has 6 rings (SSSR count). The number of nitrogens with zero attached hydrogens (tertiary/aromatic N) is 6. The Balaban J connectivity index is 1.25. The summed E-state index contributed by atoms with van der Waals surface area (Å²) in [4.78, 5) is 25.6. The van der Waals surface area contributed by atoms with Crippen LogP contribution in [0.4, 0.5) is 8.78 Å². The molecule has 0 saturated heterocycles. The molecule has 39 heavy (non-hydrogen) atoms. The summed E-state index contributed by atoms with van der Waals surface area (Å²) in [6.07, 6.45) is 5.28. The second-order valence-electron chi connectivity index (χ2n) is 9.20. The molecule has 1 N–H and O–H groups in total. The van der Waals surface area contributed by atoms with E-state index in [9.17, 15) is 13.6 Å². The molecule has 4 heterocycles. The molecule has 1 aromatic carbocycles. The third-order valence-electron chi connectivity index (χ3n) is 6.69. The predicted molar refractivity (Wildman–Crippen MR) is 138 cm³/mol. The molecule has 0 atom stereocenters. The smallest absolute Gasteiger partial charge is 0.253 e. The van der Waals surface area contributed by atoms with Crippen LogP contribution in [-0.2, 0) is 0 Å². The second-order valence-corrected chi connectivity index (χ2v) is 9.20. The standard InChI is InChI=1S/C28H23F2N7O2/c1-2-39-19-7-8-22(32-15-19)27-36-35-26(37(27)24-6-4-3-5-21(24)30)16-11-18(12-16)34-28(38)20-9-10-31-23-13-17(29)14-33-25(20)23/h3-10,13-16,18H,2,11-12H2,1H3,(H,34,38). The lowest BCUT2D eigenvalue weighted by atomic mass is 9.79. The van der Waals surface area contributed by atoms with Crippen molar-refractivity contribution in [2.45, 2.75) is 31.7 Å². The Morgan fingerprint density at radius 2 is 1.90 bits per heavy atom. The number of halogens is 2. The highest BCUT2D eigenvalue weighted by atomic mass is 19.1. The van der Waals surface area contributed by atoms with Crippen molar-refractivity contribution < 1.29 is 18.3 Å². The zero-order valence-corrected chi connectivity index (χ0v) is 20.9. The maximum absolute atomic E-state index is 15.0. The van der Waals surface area contributed by atoms with Crippen molar-refractivity contribution in [1.29, 1.82) is 0 Å². The first kappa shape index (κ1) is 24.5. The summed E-state index contributed by atoms with van der Waals surface area (Å²) >= 11 is 0. The molecule has 1 fully saturated rings. The first-order chi connectivity index (χ1) is 19.0. The second kappa shape index (κ2) is 10.2. The molecule has 1 amide bonds. The molecule has 0 bridgehead atoms. The molecule has 0 radical (unpaired) electrons. The summed E-state index contributed by atoms with van der Waals surface area (Å²) in [5, 5.41) is 11.8. The van der Waals surface area contributed by atoms with Crippen LogP contribution in [0.1, 0.15) is 41.9 Å². The van der Waals surface area contributed by atoms with Crippen molar-refractivity contribution in [3.63, 3.8) is 0 Å². The highest BCUT2D eigenvalue weighted by molar-refractivity contribution is 6.04. The normalized spacial score (nSPS) is 16.6. The van der Waals surface area contributed by atoms with Crippen molar-refractivity contribution in [3.8, 4) is 23.0 Å². The van der Waals surface area contributed by atoms with E-state index in [2.05, 4.69) is 30.5 Å². The average molecular weight is 528 g/mol. The molecular formula is C28H23F2N7O2. The zero-order valence-electron chi connectivity index (χ0n) is 20.9. The maximum atomic E-state index is 15.0. The lowest BCUT2D eigenvalue weighted by Gasteiger charge is -2.35. The Labute approximate surface area is 221 Å². The molecular weight excluding hydrogens is 504 g/mol. The van der Waals surface area contributed by atoms with Gasteiger partial charge in [0.05, 0.1) is 35.8 Å². The molecule has 196 valence electrons. The van der Waals surface area contributed by atoms with Gasteiger partial charge in [0.15, 0.2) is 5.82 Å². The zero-order chi connectivity index (χ0) is 26.9. The van der Waals surface area contributed by atoms with Crippen LogP contribution in [0.25, 0.3) is 28.2 Å². The third-order valence-corrected chi connectivity index (χ3v) is 6.69. The van der Waals surface area contributed by atoms with E-state index < -0.39 is 11.6 Å². The van der Waals surface area contributed by atoms with Gasteiger partial charge in [0.1, 0.15) is 34.4 Å². The number of fused-ring (bicyclic) bond motifs is 1. The summed E-state index contributed by atoms with van der Waals surface area (Å²) < 4.78 is 35.7. The highest BCUT2D eigenvalue weighted by Crippen LogP contribution is 2.39. The number of aromatic nitrogens is 6. The van der Waals surface area contributed by atoms with E-state index in [1.165, 1.54) is 18.3 Å². The Morgan fingerprint density at radius 1 is 1.05 bits per heavy atom. The van der Waals surface area contributed by atoms with Crippen LogP contribution in [-0.4, -0.2) is 48.3 Å². The highest BCUT2D eigenvalue weighted by Gasteiger charge is 2.37. The van der Waals surface area contributed by atoms with Gasteiger partial charge in [0.25, 0.3) is 5.91 Å². The van der Waals surface area contributed by atoms with E-state index >= 15 is 0 Å². The molecule has 9 nitrogen and oxygen atoms in total. The molecule has 1 saturated carbocycles. The number of nitrogens with one attached hydrogen (secondary N) is 1. The minimum Gasteiger partial charge on any atom is -0.492 e. The van der Waals surface area contributed by atoms with Gasteiger partial charge >= 0.3 is 0 Å². The van der Waals surface area contributed by atoms with Crippen molar-refractivity contribution in [2.75, 3.05) is 6.61 Å². The fourth-order valence-corrected chi connectivity index (χ4v) is 4.76. The van der Waals surface area contributed by atoms with Crippen molar-refractivity contribution in [3.05, 3.63) is 90.1 Å². The third kappa shape index (κ3) is 4.67. The topological polar surface area (TPSA) is 108 Å². The van der Waals surface area contributed by atoms with Crippen LogP contribution in [0.5, 0.6) is 5.75 Å². The van der Waals surface area contributed by atoms with Gasteiger partial charge in [-0.25, -0.2) is 13.8 Å². The number of hydrogen-bond acceptors (Lipinski definition) is 7. The van der Waals surface area contributed by atoms with Crippen LogP contribution in [0.15, 0.2) is 67.1 Å². The number of pyridine rings is 3. The summed E-state index contributed by atoms with van der Waals surface area (Å²) in [6.45, 7) is 2.41. The van der Waals surface area contributed by atoms with E-state index in [-0.39, 0.29) is 17.9 Å². The molecule has 1 aliphatic carbocycles. The maximum Gasteiger partial charge on any atom is 0.253 e. The summed E-state index contributed by atoms with van der Waals surface area (Å²) in [5.41, 5.74) is 1.80. The van der Waals surface area contributed by atoms with E-state index in [0.717, 1.165) is 6.20 Å². The van der Waals surface area contributed by atoms with E-state index in [0.29, 0.717) is 64.8 Å². The minimum atomic E-state index is -0.520. The summed E-state index contributed by atoms with van der Waals surface area (Å²) in [7, 11) is 0. The van der Waals surface area contributed by atoms with Crippen molar-refractivity contribution >= 4 is 16.9 Å². The first-order valence-electron chi connectivity index (χ1n) is 12.5. The number of carbonyl (C=O) groups excluding carboxylic acids is 1. The molecule has 0 aliphatic heterocycles. The van der Waals surface area contributed by atoms with Crippen LogP contribution < -0.4 is 10.1 Å². The Hall–Kier alpha value is -4.80. The quantitative estimate of drug-likeness (QED) is 0.329. The predicted octanol–water partition coefficient (Wildman–Crippen LogP) is 4.63. The van der Waals surface area contributed by atoms with Crippen molar-refractivity contribution in [1.82, 2.24) is 35.0 Å². The van der Waals surface area contributed by atoms with Gasteiger partial charge in [-0.3, -0.25) is 19.3 Å². The van der Waals surface area contributed by atoms with E-state index in [4.69, 9.17) is 4.74 Å². The molecule has 11 heteroatoms. The van der Waals surface area contributed by atoms with Crippen molar-refractivity contribution in [2.24, 2.45) is 0 Å². The molecule has 1 aliphatic rings. The molecule has 0 spiro atoms. The molecule has 4 aromatic heterocycles. The fraction of sp³-hybridized carbons (Fsp3) is 0.214. The monoisotopic (exact) mass is 527 g/mol. The fourth-order valence-electron chi connectivity index (χ4n) is 4.76. The van der Waals surface area contributed by atoms with Gasteiger partial charge in [-0.05, 0) is 50.1 Å². The lowest BCUT2D eigenvalue weighted by Crippen LogP contribution is -2.44. The van der Waals surface area contributed by atoms with Crippen LogP contribution in [0, 0.1) is 11.6 Å². The average Bonchev–Trinajstić information content (AvgIpc) is 3.35. The van der Waals surface area contributed by atoms with Crippen LogP contribution in [0.3, 0.4) is 0 Å². The lowest BCUT2D eigenvalue weighted by molar-refractivity contribution is 0.0908. The Kier molecular flexibility index (Phi) is 6.39. The molecule has 0 unspecified atom stereocenters. The number of amides is 1. The van der Waals surface area contributed by atoms with Gasteiger partial charge in [-0.15, -0.1) is 10.2 Å². The molecule has 5 aromatic rings. The van der Waals surface area contributed by atoms with Gasteiger partial charge in [-0.1, -0.05) is 12.1 Å². The largest absolute Gasteiger partial charge is 0.492 e.